The van der Waals surface area contributed by atoms with Crippen LogP contribution in [0.3, 0.4) is 0 Å². The fourth-order valence-electron chi connectivity index (χ4n) is 3.93. The van der Waals surface area contributed by atoms with Gasteiger partial charge in [-0.05, 0) is 61.5 Å². The number of amides is 1. The Morgan fingerprint density at radius 3 is 2.52 bits per heavy atom. The van der Waals surface area contributed by atoms with Crippen LogP contribution in [0.5, 0.6) is 0 Å². The Labute approximate surface area is 196 Å². The molecule has 0 spiro atoms. The zero-order valence-electron chi connectivity index (χ0n) is 18.6. The van der Waals surface area contributed by atoms with E-state index in [1.54, 1.807) is 23.1 Å². The van der Waals surface area contributed by atoms with Crippen molar-refractivity contribution in [1.82, 2.24) is 19.7 Å². The third-order valence-corrected chi connectivity index (χ3v) is 6.45. The molecule has 4 aromatic rings. The number of hydrogen-bond acceptors (Lipinski definition) is 7. The van der Waals surface area contributed by atoms with Gasteiger partial charge in [0.05, 0.1) is 4.88 Å². The van der Waals surface area contributed by atoms with Gasteiger partial charge in [0, 0.05) is 37.6 Å². The number of carbonyl (C=O) groups is 1. The molecule has 1 amide bonds. The Bertz CT molecular complexity index is 1260. The predicted molar refractivity (Wildman–Crippen MR) is 132 cm³/mol. The molecule has 0 radical (unpaired) electrons. The first kappa shape index (κ1) is 21.1. The van der Waals surface area contributed by atoms with Gasteiger partial charge in [-0.1, -0.05) is 6.07 Å². The molecule has 2 N–H and O–H groups in total. The lowest BCUT2D eigenvalue weighted by atomic mass is 10.2. The van der Waals surface area contributed by atoms with Gasteiger partial charge < -0.3 is 15.5 Å². The molecule has 0 aliphatic carbocycles. The van der Waals surface area contributed by atoms with E-state index >= 15 is 0 Å². The van der Waals surface area contributed by atoms with Crippen LogP contribution < -0.4 is 15.5 Å². The van der Waals surface area contributed by atoms with Crippen LogP contribution in [-0.4, -0.2) is 38.7 Å². The van der Waals surface area contributed by atoms with Crippen molar-refractivity contribution in [2.45, 2.75) is 19.8 Å². The summed E-state index contributed by atoms with van der Waals surface area (Å²) in [5.74, 6) is 2.26. The predicted octanol–water partition coefficient (Wildman–Crippen LogP) is 4.84. The Morgan fingerprint density at radius 2 is 1.79 bits per heavy atom. The van der Waals surface area contributed by atoms with Crippen molar-refractivity contribution in [3.8, 4) is 10.6 Å². The zero-order chi connectivity index (χ0) is 22.8. The second kappa shape index (κ2) is 9.03. The largest absolute Gasteiger partial charge is 0.356 e. The molecule has 33 heavy (non-hydrogen) atoms. The number of nitrogens with zero attached hydrogens (tertiary/aromatic N) is 5. The van der Waals surface area contributed by atoms with Gasteiger partial charge in [0.2, 0.25) is 0 Å². The van der Waals surface area contributed by atoms with Crippen LogP contribution in [0.15, 0.2) is 53.9 Å². The number of aryl methyl sites for hydroxylation is 2. The van der Waals surface area contributed by atoms with Gasteiger partial charge in [0.1, 0.15) is 28.8 Å². The van der Waals surface area contributed by atoms with E-state index < -0.39 is 0 Å². The summed E-state index contributed by atoms with van der Waals surface area (Å²) in [7, 11) is 1.78. The molecule has 1 aromatic carbocycles. The summed E-state index contributed by atoms with van der Waals surface area (Å²) in [6, 6.07) is 15.3. The van der Waals surface area contributed by atoms with Crippen molar-refractivity contribution in [1.29, 1.82) is 0 Å². The summed E-state index contributed by atoms with van der Waals surface area (Å²) in [6.07, 6.45) is 2.40. The normalized spacial score (nSPS) is 13.3. The van der Waals surface area contributed by atoms with E-state index in [1.165, 1.54) is 12.8 Å². The maximum Gasteiger partial charge on any atom is 0.273 e. The summed E-state index contributed by atoms with van der Waals surface area (Å²) in [6.45, 7) is 3.98. The molecule has 4 heterocycles. The molecule has 3 aromatic heterocycles. The lowest BCUT2D eigenvalue weighted by Crippen LogP contribution is -2.19. The van der Waals surface area contributed by atoms with Crippen LogP contribution in [0.2, 0.25) is 0 Å². The highest BCUT2D eigenvalue weighted by Gasteiger charge is 2.16. The van der Waals surface area contributed by atoms with Crippen molar-refractivity contribution in [3.63, 3.8) is 0 Å². The van der Waals surface area contributed by atoms with Gasteiger partial charge in [0.25, 0.3) is 5.91 Å². The van der Waals surface area contributed by atoms with Crippen LogP contribution in [-0.2, 0) is 7.05 Å². The van der Waals surface area contributed by atoms with Gasteiger partial charge in [0.15, 0.2) is 0 Å². The number of anilines is 4. The summed E-state index contributed by atoms with van der Waals surface area (Å²) >= 11 is 1.60. The maximum absolute atomic E-state index is 12.8. The fraction of sp³-hybridized carbons (Fsp3) is 0.250. The summed E-state index contributed by atoms with van der Waals surface area (Å²) in [5.41, 5.74) is 2.90. The number of aromatic nitrogens is 4. The molecule has 8 nitrogen and oxygen atoms in total. The minimum Gasteiger partial charge on any atom is -0.356 e. The topological polar surface area (TPSA) is 88.0 Å². The maximum atomic E-state index is 12.8. The van der Waals surface area contributed by atoms with Crippen molar-refractivity contribution in [2.24, 2.45) is 7.05 Å². The standard InChI is InChI=1S/C24H25N7OS/c1-16-25-22(15-23(26-16)31-11-3-4-12-31)27-17-7-9-18(10-8-17)28-24(32)20-14-19(29-30(20)2)21-6-5-13-33-21/h5-10,13-15H,3-4,11-12H2,1-2H3,(H,28,32)(H,25,26,27). The van der Waals surface area contributed by atoms with Crippen molar-refractivity contribution in [2.75, 3.05) is 28.6 Å². The number of carbonyl (C=O) groups excluding carboxylic acids is 1. The summed E-state index contributed by atoms with van der Waals surface area (Å²) in [5, 5.41) is 12.7. The number of rotatable bonds is 6. The minimum atomic E-state index is -0.199. The van der Waals surface area contributed by atoms with Crippen molar-refractivity contribution < 1.29 is 4.79 Å². The van der Waals surface area contributed by atoms with E-state index in [4.69, 9.17) is 0 Å². The third-order valence-electron chi connectivity index (χ3n) is 5.56. The Balaban J connectivity index is 1.26. The number of benzene rings is 1. The Morgan fingerprint density at radius 1 is 1.03 bits per heavy atom. The molecule has 1 saturated heterocycles. The van der Waals surface area contributed by atoms with Crippen LogP contribution in [0, 0.1) is 6.92 Å². The summed E-state index contributed by atoms with van der Waals surface area (Å²) in [4.78, 5) is 25.2. The van der Waals surface area contributed by atoms with Crippen molar-refractivity contribution >= 4 is 40.3 Å². The molecule has 0 bridgehead atoms. The molecular weight excluding hydrogens is 434 g/mol. The zero-order valence-corrected chi connectivity index (χ0v) is 19.4. The van der Waals surface area contributed by atoms with Gasteiger partial charge in [-0.3, -0.25) is 9.48 Å². The first-order valence-corrected chi connectivity index (χ1v) is 11.8. The lowest BCUT2D eigenvalue weighted by molar-refractivity contribution is 0.101. The van der Waals surface area contributed by atoms with E-state index in [1.807, 2.05) is 60.8 Å². The quantitative estimate of drug-likeness (QED) is 0.429. The van der Waals surface area contributed by atoms with Gasteiger partial charge >= 0.3 is 0 Å². The molecule has 1 aliphatic heterocycles. The SMILES string of the molecule is Cc1nc(Nc2ccc(NC(=O)c3cc(-c4cccs4)nn3C)cc2)cc(N2CCCC2)n1. The second-order valence-electron chi connectivity index (χ2n) is 8.02. The first-order chi connectivity index (χ1) is 16.0. The van der Waals surface area contributed by atoms with Crippen LogP contribution in [0.1, 0.15) is 29.2 Å². The van der Waals surface area contributed by atoms with Crippen LogP contribution >= 0.6 is 11.3 Å². The van der Waals surface area contributed by atoms with E-state index in [0.717, 1.165) is 46.8 Å². The first-order valence-electron chi connectivity index (χ1n) is 10.9. The average Bonchev–Trinajstić information content (AvgIpc) is 3.56. The second-order valence-corrected chi connectivity index (χ2v) is 8.97. The number of nitrogens with one attached hydrogen (secondary N) is 2. The third kappa shape index (κ3) is 4.73. The highest BCUT2D eigenvalue weighted by molar-refractivity contribution is 7.13. The average molecular weight is 460 g/mol. The van der Waals surface area contributed by atoms with E-state index in [-0.39, 0.29) is 5.91 Å². The van der Waals surface area contributed by atoms with Gasteiger partial charge in [-0.25, -0.2) is 9.97 Å². The molecule has 9 heteroatoms. The Kier molecular flexibility index (Phi) is 5.78. The minimum absolute atomic E-state index is 0.199. The van der Waals surface area contributed by atoms with E-state index in [9.17, 15) is 4.79 Å². The molecule has 0 atom stereocenters. The molecule has 0 saturated carbocycles. The van der Waals surface area contributed by atoms with Gasteiger partial charge in [-0.2, -0.15) is 5.10 Å². The molecule has 1 aliphatic rings. The van der Waals surface area contributed by atoms with Crippen LogP contribution in [0.4, 0.5) is 23.0 Å². The Hall–Kier alpha value is -3.72. The summed E-state index contributed by atoms with van der Waals surface area (Å²) < 4.78 is 1.61. The highest BCUT2D eigenvalue weighted by Crippen LogP contribution is 2.25. The van der Waals surface area contributed by atoms with Crippen LogP contribution in [0.25, 0.3) is 10.6 Å². The van der Waals surface area contributed by atoms with Crippen molar-refractivity contribution in [3.05, 3.63) is 65.4 Å². The molecule has 168 valence electrons. The molecule has 1 fully saturated rings. The molecule has 5 rings (SSSR count). The van der Waals surface area contributed by atoms with E-state index in [0.29, 0.717) is 11.4 Å². The number of hydrogen-bond donors (Lipinski definition) is 2. The molecule has 0 unspecified atom stereocenters. The number of thiophene rings is 1. The molecular formula is C24H25N7OS. The van der Waals surface area contributed by atoms with E-state index in [2.05, 4.69) is 30.6 Å². The smallest absolute Gasteiger partial charge is 0.273 e. The fourth-order valence-corrected chi connectivity index (χ4v) is 4.61. The highest BCUT2D eigenvalue weighted by atomic mass is 32.1. The lowest BCUT2D eigenvalue weighted by Gasteiger charge is -2.18. The monoisotopic (exact) mass is 459 g/mol. The van der Waals surface area contributed by atoms with Gasteiger partial charge in [-0.15, -0.1) is 11.3 Å².